The number of benzene rings is 1. The summed E-state index contributed by atoms with van der Waals surface area (Å²) in [5, 5.41) is 6.82. The van der Waals surface area contributed by atoms with Gasteiger partial charge < -0.3 is 10.6 Å². The number of anilines is 1. The van der Waals surface area contributed by atoms with Crippen molar-refractivity contribution in [3.8, 4) is 0 Å². The molecule has 1 rings (SSSR count). The van der Waals surface area contributed by atoms with Gasteiger partial charge in [-0.05, 0) is 54.9 Å². The maximum absolute atomic E-state index is 3.53. The molecule has 0 aromatic heterocycles. The predicted octanol–water partition coefficient (Wildman–Crippen LogP) is 4.01. The van der Waals surface area contributed by atoms with Gasteiger partial charge in [0.25, 0.3) is 0 Å². The van der Waals surface area contributed by atoms with E-state index in [4.69, 9.17) is 0 Å². The minimum Gasteiger partial charge on any atom is -0.383 e. The molecule has 0 aliphatic rings. The summed E-state index contributed by atoms with van der Waals surface area (Å²) in [6.45, 7) is 8.37. The van der Waals surface area contributed by atoms with Crippen LogP contribution in [-0.4, -0.2) is 18.6 Å². The summed E-state index contributed by atoms with van der Waals surface area (Å²) < 4.78 is 2.16. The van der Waals surface area contributed by atoms with Crippen LogP contribution in [0.25, 0.3) is 0 Å². The molecule has 0 amide bonds. The fraction of sp³-hybridized carbons (Fsp3) is 0.500. The van der Waals surface area contributed by atoms with E-state index in [9.17, 15) is 0 Å². The molecule has 0 aliphatic carbocycles. The van der Waals surface area contributed by atoms with Gasteiger partial charge in [0.2, 0.25) is 0 Å². The van der Waals surface area contributed by atoms with Gasteiger partial charge in [0.05, 0.1) is 0 Å². The highest BCUT2D eigenvalue weighted by molar-refractivity contribution is 9.11. The van der Waals surface area contributed by atoms with Crippen molar-refractivity contribution in [2.75, 3.05) is 18.4 Å². The molecule has 4 heteroatoms. The fourth-order valence-corrected chi connectivity index (χ4v) is 2.45. The van der Waals surface area contributed by atoms with E-state index in [1.807, 2.05) is 12.1 Å². The van der Waals surface area contributed by atoms with E-state index in [2.05, 4.69) is 69.3 Å². The normalized spacial score (nSPS) is 11.6. The highest BCUT2D eigenvalue weighted by atomic mass is 79.9. The van der Waals surface area contributed by atoms with Crippen molar-refractivity contribution in [1.82, 2.24) is 5.32 Å². The molecule has 2 nitrogen and oxygen atoms in total. The van der Waals surface area contributed by atoms with E-state index < -0.39 is 0 Å². The van der Waals surface area contributed by atoms with Crippen LogP contribution in [-0.2, 0) is 0 Å². The minimum absolute atomic E-state index is 0.179. The van der Waals surface area contributed by atoms with Crippen LogP contribution in [0.4, 0.5) is 5.69 Å². The number of hydrogen-bond donors (Lipinski definition) is 2. The fourth-order valence-electron chi connectivity index (χ4n) is 1.27. The Morgan fingerprint density at radius 2 is 1.81 bits per heavy atom. The second kappa shape index (κ2) is 6.03. The number of rotatable bonds is 4. The zero-order valence-corrected chi connectivity index (χ0v) is 13.1. The Labute approximate surface area is 114 Å². The number of halogens is 2. The largest absolute Gasteiger partial charge is 0.383 e. The SMILES string of the molecule is CC(C)(C)NCCNc1ccc(Br)cc1Br. The molecule has 90 valence electrons. The van der Waals surface area contributed by atoms with Gasteiger partial charge in [-0.2, -0.15) is 0 Å². The molecular weight excluding hydrogens is 332 g/mol. The average molecular weight is 350 g/mol. The topological polar surface area (TPSA) is 24.1 Å². The van der Waals surface area contributed by atoms with Gasteiger partial charge in [-0.1, -0.05) is 15.9 Å². The second-order valence-corrected chi connectivity index (χ2v) is 6.50. The molecule has 0 unspecified atom stereocenters. The van der Waals surface area contributed by atoms with E-state index in [1.165, 1.54) is 0 Å². The minimum atomic E-state index is 0.179. The standard InChI is InChI=1S/C12H18Br2N2/c1-12(2,3)16-7-6-15-11-5-4-9(13)8-10(11)14/h4-5,8,15-16H,6-7H2,1-3H3. The molecule has 0 spiro atoms. The maximum atomic E-state index is 3.53. The summed E-state index contributed by atoms with van der Waals surface area (Å²) in [6, 6.07) is 6.13. The van der Waals surface area contributed by atoms with Gasteiger partial charge in [0.1, 0.15) is 0 Å². The van der Waals surface area contributed by atoms with Gasteiger partial charge in [0, 0.05) is 33.3 Å². The summed E-state index contributed by atoms with van der Waals surface area (Å²) >= 11 is 6.96. The summed E-state index contributed by atoms with van der Waals surface area (Å²) in [4.78, 5) is 0. The summed E-state index contributed by atoms with van der Waals surface area (Å²) in [5.41, 5.74) is 1.30. The monoisotopic (exact) mass is 348 g/mol. The van der Waals surface area contributed by atoms with Crippen LogP contribution in [0.15, 0.2) is 27.1 Å². The molecule has 0 saturated heterocycles. The molecule has 0 heterocycles. The first-order valence-corrected chi connectivity index (χ1v) is 6.91. The van der Waals surface area contributed by atoms with Crippen LogP contribution in [0.1, 0.15) is 20.8 Å². The zero-order chi connectivity index (χ0) is 12.2. The molecule has 1 aromatic carbocycles. The molecule has 0 atom stereocenters. The Kier molecular flexibility index (Phi) is 5.28. The predicted molar refractivity (Wildman–Crippen MR) is 78.1 cm³/mol. The summed E-state index contributed by atoms with van der Waals surface area (Å²) in [5.74, 6) is 0. The van der Waals surface area contributed by atoms with Gasteiger partial charge in [-0.25, -0.2) is 0 Å². The van der Waals surface area contributed by atoms with Crippen LogP contribution in [0.5, 0.6) is 0 Å². The first-order valence-electron chi connectivity index (χ1n) is 5.32. The highest BCUT2D eigenvalue weighted by Crippen LogP contribution is 2.25. The Hall–Kier alpha value is -0.0600. The molecule has 0 bridgehead atoms. The van der Waals surface area contributed by atoms with E-state index in [1.54, 1.807) is 0 Å². The van der Waals surface area contributed by atoms with E-state index >= 15 is 0 Å². The molecule has 1 aromatic rings. The number of nitrogens with one attached hydrogen (secondary N) is 2. The van der Waals surface area contributed by atoms with Crippen molar-refractivity contribution in [3.05, 3.63) is 27.1 Å². The van der Waals surface area contributed by atoms with Crippen LogP contribution in [0.2, 0.25) is 0 Å². The summed E-state index contributed by atoms with van der Waals surface area (Å²) in [6.07, 6.45) is 0. The lowest BCUT2D eigenvalue weighted by Gasteiger charge is -2.20. The quantitative estimate of drug-likeness (QED) is 0.802. The van der Waals surface area contributed by atoms with Gasteiger partial charge >= 0.3 is 0 Å². The van der Waals surface area contributed by atoms with Gasteiger partial charge in [0.15, 0.2) is 0 Å². The molecule has 0 saturated carbocycles. The van der Waals surface area contributed by atoms with Crippen molar-refractivity contribution in [1.29, 1.82) is 0 Å². The Morgan fingerprint density at radius 3 is 2.38 bits per heavy atom. The van der Waals surface area contributed by atoms with Crippen LogP contribution in [0.3, 0.4) is 0 Å². The van der Waals surface area contributed by atoms with Crippen molar-refractivity contribution in [3.63, 3.8) is 0 Å². The van der Waals surface area contributed by atoms with Crippen molar-refractivity contribution in [2.45, 2.75) is 26.3 Å². The summed E-state index contributed by atoms with van der Waals surface area (Å²) in [7, 11) is 0. The molecule has 2 N–H and O–H groups in total. The highest BCUT2D eigenvalue weighted by Gasteiger charge is 2.07. The van der Waals surface area contributed by atoms with Gasteiger partial charge in [-0.3, -0.25) is 0 Å². The van der Waals surface area contributed by atoms with E-state index in [-0.39, 0.29) is 5.54 Å². The lowest BCUT2D eigenvalue weighted by molar-refractivity contribution is 0.435. The molecular formula is C12H18Br2N2. The van der Waals surface area contributed by atoms with Crippen LogP contribution >= 0.6 is 31.9 Å². The lowest BCUT2D eigenvalue weighted by Crippen LogP contribution is -2.38. The third kappa shape index (κ3) is 5.32. The van der Waals surface area contributed by atoms with E-state index in [0.717, 1.165) is 27.7 Å². The Morgan fingerprint density at radius 1 is 1.12 bits per heavy atom. The average Bonchev–Trinajstić information content (AvgIpc) is 2.13. The smallest absolute Gasteiger partial charge is 0.0485 e. The third-order valence-electron chi connectivity index (χ3n) is 2.03. The zero-order valence-electron chi connectivity index (χ0n) is 9.90. The third-order valence-corrected chi connectivity index (χ3v) is 3.18. The Balaban J connectivity index is 2.38. The van der Waals surface area contributed by atoms with E-state index in [0.29, 0.717) is 0 Å². The molecule has 0 fully saturated rings. The number of hydrogen-bond acceptors (Lipinski definition) is 2. The van der Waals surface area contributed by atoms with Crippen molar-refractivity contribution >= 4 is 37.5 Å². The maximum Gasteiger partial charge on any atom is 0.0485 e. The lowest BCUT2D eigenvalue weighted by atomic mass is 10.1. The Bertz CT molecular complexity index is 345. The first kappa shape index (κ1) is 14.0. The molecule has 0 aliphatic heterocycles. The molecule has 16 heavy (non-hydrogen) atoms. The van der Waals surface area contributed by atoms with Crippen molar-refractivity contribution < 1.29 is 0 Å². The van der Waals surface area contributed by atoms with Gasteiger partial charge in [-0.15, -0.1) is 0 Å². The van der Waals surface area contributed by atoms with Crippen LogP contribution in [0, 0.1) is 0 Å². The first-order chi connectivity index (χ1) is 7.38. The van der Waals surface area contributed by atoms with Crippen LogP contribution < -0.4 is 10.6 Å². The second-order valence-electron chi connectivity index (χ2n) is 4.73. The van der Waals surface area contributed by atoms with Crippen molar-refractivity contribution in [2.24, 2.45) is 0 Å². The molecule has 0 radical (unpaired) electrons.